The van der Waals surface area contributed by atoms with E-state index in [1.165, 1.54) is 16.8 Å². The molecule has 93 valence electrons. The highest BCUT2D eigenvalue weighted by molar-refractivity contribution is 5.53. The Bertz CT molecular complexity index is 520. The van der Waals surface area contributed by atoms with E-state index in [2.05, 4.69) is 43.3 Å². The van der Waals surface area contributed by atoms with E-state index in [0.29, 0.717) is 0 Å². The first-order valence-corrected chi connectivity index (χ1v) is 6.00. The summed E-state index contributed by atoms with van der Waals surface area (Å²) >= 11 is 0. The number of anilines is 1. The molecule has 2 aromatic carbocycles. The average molecular weight is 240 g/mol. The predicted molar refractivity (Wildman–Crippen MR) is 75.4 cm³/mol. The van der Waals surface area contributed by atoms with Crippen LogP contribution in [-0.2, 0) is 6.42 Å². The Labute approximate surface area is 109 Å². The molecule has 0 atom stereocenters. The topological polar surface area (TPSA) is 12.5 Å². The molecule has 18 heavy (non-hydrogen) atoms. The minimum Gasteiger partial charge on any atom is -0.497 e. The van der Waals surface area contributed by atoms with Crippen LogP contribution >= 0.6 is 0 Å². The number of nitrogens with zero attached hydrogens (tertiary/aromatic N) is 1. The second kappa shape index (κ2) is 5.58. The van der Waals surface area contributed by atoms with E-state index in [1.807, 2.05) is 24.3 Å². The number of rotatable bonds is 4. The van der Waals surface area contributed by atoms with Crippen LogP contribution < -0.4 is 9.64 Å². The van der Waals surface area contributed by atoms with Crippen LogP contribution in [0.2, 0.25) is 0 Å². The van der Waals surface area contributed by atoms with Gasteiger partial charge in [0.1, 0.15) is 5.75 Å². The van der Waals surface area contributed by atoms with Gasteiger partial charge in [-0.1, -0.05) is 24.3 Å². The van der Waals surface area contributed by atoms with Crippen LogP contribution in [0.4, 0.5) is 5.69 Å². The molecular weight excluding hydrogens is 222 g/mol. The molecular formula is C16H18NO. The van der Waals surface area contributed by atoms with E-state index >= 15 is 0 Å². The minimum atomic E-state index is 0.902. The fraction of sp³-hybridized carbons (Fsp3) is 0.250. The van der Waals surface area contributed by atoms with Gasteiger partial charge >= 0.3 is 0 Å². The van der Waals surface area contributed by atoms with Gasteiger partial charge in [-0.15, -0.1) is 0 Å². The summed E-state index contributed by atoms with van der Waals surface area (Å²) in [5, 5.41) is 0. The van der Waals surface area contributed by atoms with Crippen LogP contribution in [0.25, 0.3) is 0 Å². The summed E-state index contributed by atoms with van der Waals surface area (Å²) in [7, 11) is 5.80. The summed E-state index contributed by atoms with van der Waals surface area (Å²) in [5.74, 6) is 0.904. The summed E-state index contributed by atoms with van der Waals surface area (Å²) in [5.41, 5.74) is 3.76. The number of hydrogen-bond donors (Lipinski definition) is 0. The lowest BCUT2D eigenvalue weighted by Crippen LogP contribution is -2.11. The van der Waals surface area contributed by atoms with Gasteiger partial charge in [0.25, 0.3) is 0 Å². The molecule has 0 N–H and O–H groups in total. The maximum absolute atomic E-state index is 5.25. The highest BCUT2D eigenvalue weighted by Gasteiger charge is 2.05. The molecule has 0 aliphatic rings. The zero-order valence-corrected chi connectivity index (χ0v) is 11.1. The quantitative estimate of drug-likeness (QED) is 0.814. The third kappa shape index (κ3) is 2.83. The Morgan fingerprint density at radius 1 is 1.22 bits per heavy atom. The van der Waals surface area contributed by atoms with Crippen LogP contribution in [-0.4, -0.2) is 21.2 Å². The summed E-state index contributed by atoms with van der Waals surface area (Å²) in [4.78, 5) is 2.12. The fourth-order valence-corrected chi connectivity index (χ4v) is 2.02. The molecule has 2 heteroatoms. The van der Waals surface area contributed by atoms with Crippen LogP contribution in [0.3, 0.4) is 0 Å². The lowest BCUT2D eigenvalue weighted by Gasteiger charge is -2.17. The van der Waals surface area contributed by atoms with Crippen molar-refractivity contribution in [1.82, 2.24) is 0 Å². The Morgan fingerprint density at radius 3 is 2.78 bits per heavy atom. The summed E-state index contributed by atoms with van der Waals surface area (Å²) in [6.45, 7) is 0. The van der Waals surface area contributed by atoms with Crippen molar-refractivity contribution in [3.8, 4) is 5.75 Å². The molecule has 0 aliphatic carbocycles. The summed E-state index contributed by atoms with van der Waals surface area (Å²) < 4.78 is 5.25. The van der Waals surface area contributed by atoms with Gasteiger partial charge in [-0.3, -0.25) is 0 Å². The van der Waals surface area contributed by atoms with E-state index in [4.69, 9.17) is 4.74 Å². The van der Waals surface area contributed by atoms with Gasteiger partial charge in [-0.2, -0.15) is 0 Å². The van der Waals surface area contributed by atoms with Crippen LogP contribution in [0.5, 0.6) is 5.75 Å². The van der Waals surface area contributed by atoms with Crippen molar-refractivity contribution in [2.75, 3.05) is 26.1 Å². The number of benzene rings is 2. The number of hydrogen-bond acceptors (Lipinski definition) is 2. The number of ether oxygens (including phenoxy) is 1. The maximum Gasteiger partial charge on any atom is 0.119 e. The molecule has 0 saturated heterocycles. The zero-order chi connectivity index (χ0) is 13.0. The van der Waals surface area contributed by atoms with Crippen molar-refractivity contribution in [2.45, 2.75) is 6.42 Å². The van der Waals surface area contributed by atoms with Gasteiger partial charge in [0, 0.05) is 19.8 Å². The monoisotopic (exact) mass is 240 g/mol. The van der Waals surface area contributed by atoms with Crippen LogP contribution in [0, 0.1) is 6.07 Å². The van der Waals surface area contributed by atoms with Crippen molar-refractivity contribution in [3.63, 3.8) is 0 Å². The summed E-state index contributed by atoms with van der Waals surface area (Å²) in [6.07, 6.45) is 0.902. The Kier molecular flexibility index (Phi) is 3.88. The van der Waals surface area contributed by atoms with Gasteiger partial charge < -0.3 is 9.64 Å². The van der Waals surface area contributed by atoms with Crippen LogP contribution in [0.15, 0.2) is 42.5 Å². The van der Waals surface area contributed by atoms with Crippen LogP contribution in [0.1, 0.15) is 11.1 Å². The second-order valence-electron chi connectivity index (χ2n) is 4.48. The molecule has 0 heterocycles. The van der Waals surface area contributed by atoms with Crippen molar-refractivity contribution in [3.05, 3.63) is 59.7 Å². The molecule has 0 unspecified atom stereocenters. The smallest absolute Gasteiger partial charge is 0.119 e. The van der Waals surface area contributed by atoms with E-state index < -0.39 is 0 Å². The van der Waals surface area contributed by atoms with Crippen molar-refractivity contribution < 1.29 is 4.74 Å². The van der Waals surface area contributed by atoms with Gasteiger partial charge in [0.2, 0.25) is 0 Å². The molecule has 0 aromatic heterocycles. The first-order chi connectivity index (χ1) is 8.70. The van der Waals surface area contributed by atoms with Gasteiger partial charge in [0.05, 0.1) is 7.11 Å². The Morgan fingerprint density at radius 2 is 2.06 bits per heavy atom. The third-order valence-corrected chi connectivity index (χ3v) is 2.94. The van der Waals surface area contributed by atoms with E-state index in [0.717, 1.165) is 12.2 Å². The number of methoxy groups -OCH3 is 1. The zero-order valence-electron chi connectivity index (χ0n) is 11.1. The predicted octanol–water partition coefficient (Wildman–Crippen LogP) is 3.15. The van der Waals surface area contributed by atoms with E-state index in [9.17, 15) is 0 Å². The van der Waals surface area contributed by atoms with E-state index in [1.54, 1.807) is 7.11 Å². The SMILES string of the molecule is COc1cccc(Cc2cc[c]cc2N(C)C)c1. The summed E-state index contributed by atoms with van der Waals surface area (Å²) in [6, 6.07) is 17.4. The molecule has 0 fully saturated rings. The first-order valence-electron chi connectivity index (χ1n) is 6.00. The second-order valence-corrected chi connectivity index (χ2v) is 4.48. The Balaban J connectivity index is 2.28. The molecule has 0 spiro atoms. The molecule has 0 amide bonds. The highest BCUT2D eigenvalue weighted by Crippen LogP contribution is 2.22. The van der Waals surface area contributed by atoms with Gasteiger partial charge in [-0.05, 0) is 41.8 Å². The van der Waals surface area contributed by atoms with Gasteiger partial charge in [-0.25, -0.2) is 0 Å². The van der Waals surface area contributed by atoms with E-state index in [-0.39, 0.29) is 0 Å². The molecule has 2 rings (SSSR count). The molecule has 2 nitrogen and oxygen atoms in total. The third-order valence-electron chi connectivity index (χ3n) is 2.94. The first kappa shape index (κ1) is 12.5. The van der Waals surface area contributed by atoms with Crippen molar-refractivity contribution in [2.24, 2.45) is 0 Å². The average Bonchev–Trinajstić information content (AvgIpc) is 2.39. The highest BCUT2D eigenvalue weighted by atomic mass is 16.5. The largest absolute Gasteiger partial charge is 0.497 e. The fourth-order valence-electron chi connectivity index (χ4n) is 2.02. The normalized spacial score (nSPS) is 10.2. The lowest BCUT2D eigenvalue weighted by molar-refractivity contribution is 0.414. The van der Waals surface area contributed by atoms with Crippen molar-refractivity contribution >= 4 is 5.69 Å². The molecule has 0 bridgehead atoms. The Hall–Kier alpha value is -1.96. The molecule has 1 radical (unpaired) electrons. The molecule has 0 saturated carbocycles. The lowest BCUT2D eigenvalue weighted by atomic mass is 10.0. The van der Waals surface area contributed by atoms with Crippen molar-refractivity contribution in [1.29, 1.82) is 0 Å². The van der Waals surface area contributed by atoms with Gasteiger partial charge in [0.15, 0.2) is 0 Å². The molecule has 2 aromatic rings. The standard InChI is InChI=1S/C16H18NO/c1-17(2)16-10-5-4-8-14(16)11-13-7-6-9-15(12-13)18-3/h4,6-10,12H,11H2,1-3H3. The minimum absolute atomic E-state index is 0.902. The molecule has 0 aliphatic heterocycles. The maximum atomic E-state index is 5.25.